The van der Waals surface area contributed by atoms with Gasteiger partial charge in [-0.05, 0) is 66.4 Å². The van der Waals surface area contributed by atoms with Crippen LogP contribution in [-0.2, 0) is 24.4 Å². The van der Waals surface area contributed by atoms with Crippen LogP contribution in [-0.4, -0.2) is 23.3 Å². The van der Waals surface area contributed by atoms with E-state index in [1.807, 2.05) is 24.0 Å². The molecule has 0 radical (unpaired) electrons. The molecule has 5 rings (SSSR count). The summed E-state index contributed by atoms with van der Waals surface area (Å²) in [5, 5.41) is 2.77. The molecule has 2 amide bonds. The fourth-order valence-corrected chi connectivity index (χ4v) is 4.66. The van der Waals surface area contributed by atoms with Crippen molar-refractivity contribution >= 4 is 11.8 Å². The summed E-state index contributed by atoms with van der Waals surface area (Å²) in [6, 6.07) is 21.2. The number of fused-ring (bicyclic) bond motifs is 1. The molecule has 0 aliphatic carbocycles. The first-order valence-electron chi connectivity index (χ1n) is 12.5. The van der Waals surface area contributed by atoms with Crippen LogP contribution in [0, 0.1) is 6.92 Å². The van der Waals surface area contributed by atoms with Crippen molar-refractivity contribution in [2.45, 2.75) is 45.9 Å². The van der Waals surface area contributed by atoms with Crippen LogP contribution in [0.5, 0.6) is 5.75 Å². The molecule has 0 saturated carbocycles. The van der Waals surface area contributed by atoms with Gasteiger partial charge in [0, 0.05) is 13.0 Å². The van der Waals surface area contributed by atoms with Gasteiger partial charge in [-0.1, -0.05) is 42.8 Å². The lowest BCUT2D eigenvalue weighted by molar-refractivity contribution is -0.132. The minimum Gasteiger partial charge on any atom is -0.486 e. The first-order valence-corrected chi connectivity index (χ1v) is 12.5. The van der Waals surface area contributed by atoms with Crippen LogP contribution >= 0.6 is 0 Å². The van der Waals surface area contributed by atoms with Crippen molar-refractivity contribution in [3.8, 4) is 5.75 Å². The van der Waals surface area contributed by atoms with Gasteiger partial charge in [0.2, 0.25) is 5.91 Å². The van der Waals surface area contributed by atoms with Gasteiger partial charge >= 0.3 is 0 Å². The van der Waals surface area contributed by atoms with E-state index in [9.17, 15) is 9.59 Å². The van der Waals surface area contributed by atoms with Gasteiger partial charge in [-0.25, -0.2) is 0 Å². The SMILES string of the molecule is CCC(=O)N1CCc2ccc(OCc3ccc(C(=O)NCc4ccco4)o3)cc2C1c1ccc(C)cc1. The van der Waals surface area contributed by atoms with E-state index in [0.29, 0.717) is 30.2 Å². The first-order chi connectivity index (χ1) is 18.0. The summed E-state index contributed by atoms with van der Waals surface area (Å²) in [5.74, 6) is 1.91. The average molecular weight is 499 g/mol. The monoisotopic (exact) mass is 498 g/mol. The van der Waals surface area contributed by atoms with Crippen LogP contribution in [0.3, 0.4) is 0 Å². The number of nitrogens with one attached hydrogen (secondary N) is 1. The molecule has 1 atom stereocenters. The van der Waals surface area contributed by atoms with Gasteiger partial charge in [-0.2, -0.15) is 0 Å². The van der Waals surface area contributed by atoms with Crippen LogP contribution in [0.15, 0.2) is 81.8 Å². The Bertz CT molecular complexity index is 1370. The van der Waals surface area contributed by atoms with Crippen molar-refractivity contribution < 1.29 is 23.2 Å². The molecule has 190 valence electrons. The Morgan fingerprint density at radius 1 is 1.05 bits per heavy atom. The predicted molar refractivity (Wildman–Crippen MR) is 138 cm³/mol. The van der Waals surface area contributed by atoms with Crippen molar-refractivity contribution in [3.63, 3.8) is 0 Å². The second-order valence-corrected chi connectivity index (χ2v) is 9.18. The summed E-state index contributed by atoms with van der Waals surface area (Å²) in [5.41, 5.74) is 4.55. The van der Waals surface area contributed by atoms with Gasteiger partial charge in [0.1, 0.15) is 23.9 Å². The summed E-state index contributed by atoms with van der Waals surface area (Å²) < 4.78 is 17.0. The number of hydrogen-bond donors (Lipinski definition) is 1. The molecule has 3 heterocycles. The Labute approximate surface area is 216 Å². The van der Waals surface area contributed by atoms with Gasteiger partial charge in [-0.15, -0.1) is 0 Å². The largest absolute Gasteiger partial charge is 0.486 e. The third kappa shape index (κ3) is 5.45. The summed E-state index contributed by atoms with van der Waals surface area (Å²) in [6.45, 7) is 5.11. The number of amides is 2. The van der Waals surface area contributed by atoms with Crippen LogP contribution in [0.2, 0.25) is 0 Å². The zero-order valence-electron chi connectivity index (χ0n) is 21.0. The highest BCUT2D eigenvalue weighted by Gasteiger charge is 2.31. The van der Waals surface area contributed by atoms with Crippen LogP contribution in [0.4, 0.5) is 0 Å². The third-order valence-electron chi connectivity index (χ3n) is 6.63. The summed E-state index contributed by atoms with van der Waals surface area (Å²) >= 11 is 0. The average Bonchev–Trinajstić information content (AvgIpc) is 3.62. The molecular weight excluding hydrogens is 468 g/mol. The first kappa shape index (κ1) is 24.4. The number of carbonyl (C=O) groups excluding carboxylic acids is 2. The van der Waals surface area contributed by atoms with E-state index in [4.69, 9.17) is 13.6 Å². The lowest BCUT2D eigenvalue weighted by Gasteiger charge is -2.38. The highest BCUT2D eigenvalue weighted by Crippen LogP contribution is 2.37. The number of carbonyl (C=O) groups is 2. The molecule has 37 heavy (non-hydrogen) atoms. The fraction of sp³-hybridized carbons (Fsp3) is 0.267. The molecule has 1 unspecified atom stereocenters. The van der Waals surface area contributed by atoms with Crippen molar-refractivity contribution in [3.05, 3.63) is 113 Å². The molecule has 4 aromatic rings. The Morgan fingerprint density at radius 3 is 2.65 bits per heavy atom. The summed E-state index contributed by atoms with van der Waals surface area (Å²) in [4.78, 5) is 27.2. The van der Waals surface area contributed by atoms with E-state index in [2.05, 4.69) is 42.6 Å². The Morgan fingerprint density at radius 2 is 1.89 bits per heavy atom. The van der Waals surface area contributed by atoms with Gasteiger partial charge in [0.05, 0.1) is 18.8 Å². The van der Waals surface area contributed by atoms with E-state index in [1.165, 1.54) is 11.1 Å². The number of ether oxygens (including phenoxy) is 1. The van der Waals surface area contributed by atoms with Crippen LogP contribution < -0.4 is 10.1 Å². The topological polar surface area (TPSA) is 84.9 Å². The number of rotatable bonds is 8. The summed E-state index contributed by atoms with van der Waals surface area (Å²) in [7, 11) is 0. The van der Waals surface area contributed by atoms with Gasteiger partial charge in [-0.3, -0.25) is 9.59 Å². The lowest BCUT2D eigenvalue weighted by Crippen LogP contribution is -2.40. The minimum absolute atomic E-state index is 0.135. The second-order valence-electron chi connectivity index (χ2n) is 9.18. The van der Waals surface area contributed by atoms with Crippen molar-refractivity contribution in [1.82, 2.24) is 10.2 Å². The van der Waals surface area contributed by atoms with E-state index >= 15 is 0 Å². The number of hydrogen-bond acceptors (Lipinski definition) is 5. The molecule has 0 spiro atoms. The fourth-order valence-electron chi connectivity index (χ4n) is 4.66. The molecule has 2 aromatic heterocycles. The third-order valence-corrected chi connectivity index (χ3v) is 6.63. The maximum Gasteiger partial charge on any atom is 0.287 e. The van der Waals surface area contributed by atoms with Gasteiger partial charge in [0.15, 0.2) is 5.76 Å². The predicted octanol–water partition coefficient (Wildman–Crippen LogP) is 5.57. The van der Waals surface area contributed by atoms with Gasteiger partial charge in [0.25, 0.3) is 5.91 Å². The minimum atomic E-state index is -0.321. The molecule has 0 fully saturated rings. The molecule has 1 aliphatic heterocycles. The molecular formula is C30H30N2O5. The second kappa shape index (κ2) is 10.8. The molecule has 1 N–H and O–H groups in total. The highest BCUT2D eigenvalue weighted by atomic mass is 16.5. The molecule has 0 saturated heterocycles. The number of benzene rings is 2. The quantitative estimate of drug-likeness (QED) is 0.343. The van der Waals surface area contributed by atoms with E-state index in [0.717, 1.165) is 17.5 Å². The Hall–Kier alpha value is -4.26. The highest BCUT2D eigenvalue weighted by molar-refractivity contribution is 5.91. The van der Waals surface area contributed by atoms with E-state index in [-0.39, 0.29) is 36.8 Å². The van der Waals surface area contributed by atoms with Crippen molar-refractivity contribution in [2.24, 2.45) is 0 Å². The number of aryl methyl sites for hydroxylation is 1. The van der Waals surface area contributed by atoms with E-state index in [1.54, 1.807) is 30.5 Å². The van der Waals surface area contributed by atoms with Gasteiger partial charge < -0.3 is 23.8 Å². The molecule has 1 aliphatic rings. The zero-order valence-corrected chi connectivity index (χ0v) is 21.0. The zero-order chi connectivity index (χ0) is 25.8. The normalized spacial score (nSPS) is 14.8. The summed E-state index contributed by atoms with van der Waals surface area (Å²) in [6.07, 6.45) is 2.83. The molecule has 0 bridgehead atoms. The van der Waals surface area contributed by atoms with Crippen LogP contribution in [0.1, 0.15) is 63.7 Å². The molecule has 7 heteroatoms. The molecule has 7 nitrogen and oxygen atoms in total. The standard InChI is InChI=1S/C30H30N2O5/c1-3-28(33)32-15-14-21-10-11-23(17-26(21)29(32)22-8-6-20(2)7-9-22)36-19-25-12-13-27(37-25)30(34)31-18-24-5-4-16-35-24/h4-13,16-17,29H,3,14-15,18-19H2,1-2H3,(H,31,34). The van der Waals surface area contributed by atoms with Crippen molar-refractivity contribution in [2.75, 3.05) is 6.54 Å². The number of furan rings is 2. The van der Waals surface area contributed by atoms with Crippen molar-refractivity contribution in [1.29, 1.82) is 0 Å². The lowest BCUT2D eigenvalue weighted by atomic mass is 9.87. The maximum absolute atomic E-state index is 12.8. The van der Waals surface area contributed by atoms with Crippen LogP contribution in [0.25, 0.3) is 0 Å². The van der Waals surface area contributed by atoms with E-state index < -0.39 is 0 Å². The number of nitrogens with zero attached hydrogens (tertiary/aromatic N) is 1. The Balaban J connectivity index is 1.31. The molecule has 2 aromatic carbocycles. The maximum atomic E-state index is 12.8. The smallest absolute Gasteiger partial charge is 0.287 e. The Kier molecular flexibility index (Phi) is 7.12.